The molecule has 2 N–H and O–H groups in total. The number of aromatic amines is 1. The predicted octanol–water partition coefficient (Wildman–Crippen LogP) is 1.99. The Hall–Kier alpha value is -2.74. The van der Waals surface area contributed by atoms with Crippen LogP contribution >= 0.6 is 11.8 Å². The molecule has 7 nitrogen and oxygen atoms in total. The SMILES string of the molecule is COc1ccc(CNC(=O)CSc2nc3cc(C)[nH]c3c(=O)n2C)cc1. The van der Waals surface area contributed by atoms with Gasteiger partial charge in [0.15, 0.2) is 5.16 Å². The molecule has 0 fully saturated rings. The summed E-state index contributed by atoms with van der Waals surface area (Å²) in [5, 5.41) is 3.38. The van der Waals surface area contributed by atoms with Crippen LogP contribution in [0.25, 0.3) is 11.0 Å². The quantitative estimate of drug-likeness (QED) is 0.510. The molecule has 1 aromatic carbocycles. The number of ether oxygens (including phenoxy) is 1. The van der Waals surface area contributed by atoms with E-state index in [2.05, 4.69) is 15.3 Å². The number of aryl methyl sites for hydroxylation is 1. The van der Waals surface area contributed by atoms with Gasteiger partial charge in [0, 0.05) is 19.3 Å². The van der Waals surface area contributed by atoms with Gasteiger partial charge in [0.05, 0.1) is 18.4 Å². The van der Waals surface area contributed by atoms with Crippen molar-refractivity contribution in [1.29, 1.82) is 0 Å². The lowest BCUT2D eigenvalue weighted by Crippen LogP contribution is -2.25. The molecule has 0 bridgehead atoms. The van der Waals surface area contributed by atoms with Crippen LogP contribution in [0.3, 0.4) is 0 Å². The fourth-order valence-electron chi connectivity index (χ4n) is 2.51. The van der Waals surface area contributed by atoms with E-state index in [9.17, 15) is 9.59 Å². The van der Waals surface area contributed by atoms with Crippen LogP contribution in [0.1, 0.15) is 11.3 Å². The van der Waals surface area contributed by atoms with E-state index < -0.39 is 0 Å². The van der Waals surface area contributed by atoms with E-state index in [-0.39, 0.29) is 17.2 Å². The average Bonchev–Trinajstić information content (AvgIpc) is 3.02. The van der Waals surface area contributed by atoms with Crippen molar-refractivity contribution in [3.05, 3.63) is 51.9 Å². The summed E-state index contributed by atoms with van der Waals surface area (Å²) in [6, 6.07) is 9.33. The molecule has 2 aromatic heterocycles. The monoisotopic (exact) mass is 372 g/mol. The van der Waals surface area contributed by atoms with Gasteiger partial charge in [-0.1, -0.05) is 23.9 Å². The topological polar surface area (TPSA) is 89.0 Å². The number of nitrogens with zero attached hydrogens (tertiary/aromatic N) is 2. The molecular weight excluding hydrogens is 352 g/mol. The van der Waals surface area contributed by atoms with E-state index >= 15 is 0 Å². The summed E-state index contributed by atoms with van der Waals surface area (Å²) < 4.78 is 6.57. The summed E-state index contributed by atoms with van der Waals surface area (Å²) in [6.07, 6.45) is 0. The van der Waals surface area contributed by atoms with Crippen molar-refractivity contribution < 1.29 is 9.53 Å². The summed E-state index contributed by atoms with van der Waals surface area (Å²) in [7, 11) is 3.27. The summed E-state index contributed by atoms with van der Waals surface area (Å²) in [5.74, 6) is 0.842. The zero-order valence-corrected chi connectivity index (χ0v) is 15.6. The van der Waals surface area contributed by atoms with E-state index in [0.29, 0.717) is 22.7 Å². The second kappa shape index (κ2) is 7.65. The van der Waals surface area contributed by atoms with Crippen molar-refractivity contribution in [3.8, 4) is 5.75 Å². The van der Waals surface area contributed by atoms with Crippen LogP contribution in [-0.4, -0.2) is 33.3 Å². The maximum absolute atomic E-state index is 12.3. The molecule has 3 aromatic rings. The second-order valence-electron chi connectivity index (χ2n) is 5.88. The number of hydrogen-bond acceptors (Lipinski definition) is 5. The third-order valence-electron chi connectivity index (χ3n) is 3.93. The van der Waals surface area contributed by atoms with E-state index in [1.54, 1.807) is 14.2 Å². The first kappa shape index (κ1) is 18.1. The van der Waals surface area contributed by atoms with Gasteiger partial charge in [0.1, 0.15) is 11.3 Å². The van der Waals surface area contributed by atoms with Crippen LogP contribution < -0.4 is 15.6 Å². The van der Waals surface area contributed by atoms with Gasteiger partial charge in [-0.2, -0.15) is 0 Å². The van der Waals surface area contributed by atoms with Crippen molar-refractivity contribution in [1.82, 2.24) is 19.9 Å². The Kier molecular flexibility index (Phi) is 5.32. The zero-order chi connectivity index (χ0) is 18.7. The van der Waals surface area contributed by atoms with Crippen LogP contribution in [0.15, 0.2) is 40.3 Å². The van der Waals surface area contributed by atoms with Gasteiger partial charge in [-0.15, -0.1) is 0 Å². The highest BCUT2D eigenvalue weighted by Crippen LogP contribution is 2.17. The fourth-order valence-corrected chi connectivity index (χ4v) is 3.31. The standard InChI is InChI=1S/C18H20N4O3S/c1-11-8-14-16(20-11)17(24)22(2)18(21-14)26-10-15(23)19-9-12-4-6-13(25-3)7-5-12/h4-8,20H,9-10H2,1-3H3,(H,19,23). The number of rotatable bonds is 6. The first-order valence-electron chi connectivity index (χ1n) is 8.06. The predicted molar refractivity (Wildman–Crippen MR) is 102 cm³/mol. The molecule has 0 unspecified atom stereocenters. The molecule has 0 atom stereocenters. The molecule has 0 aliphatic heterocycles. The van der Waals surface area contributed by atoms with Crippen molar-refractivity contribution >= 4 is 28.7 Å². The normalized spacial score (nSPS) is 10.9. The van der Waals surface area contributed by atoms with Crippen LogP contribution in [0, 0.1) is 6.92 Å². The van der Waals surface area contributed by atoms with Gasteiger partial charge < -0.3 is 15.0 Å². The Labute approximate surface area is 154 Å². The van der Waals surface area contributed by atoms with E-state index in [1.165, 1.54) is 16.3 Å². The number of amides is 1. The zero-order valence-electron chi connectivity index (χ0n) is 14.8. The fraction of sp³-hybridized carbons (Fsp3) is 0.278. The molecule has 0 radical (unpaired) electrons. The Bertz CT molecular complexity index is 992. The molecule has 136 valence electrons. The maximum Gasteiger partial charge on any atom is 0.278 e. The van der Waals surface area contributed by atoms with Crippen molar-refractivity contribution in [2.45, 2.75) is 18.6 Å². The first-order valence-corrected chi connectivity index (χ1v) is 9.05. The Balaban J connectivity index is 1.61. The Morgan fingerprint density at radius 3 is 2.77 bits per heavy atom. The molecule has 8 heteroatoms. The van der Waals surface area contributed by atoms with Crippen LogP contribution in [0.5, 0.6) is 5.75 Å². The van der Waals surface area contributed by atoms with E-state index in [4.69, 9.17) is 4.74 Å². The first-order chi connectivity index (χ1) is 12.5. The lowest BCUT2D eigenvalue weighted by atomic mass is 10.2. The number of carbonyl (C=O) groups is 1. The number of H-pyrrole nitrogens is 1. The minimum absolute atomic E-state index is 0.120. The summed E-state index contributed by atoms with van der Waals surface area (Å²) >= 11 is 1.24. The van der Waals surface area contributed by atoms with Gasteiger partial charge in [-0.3, -0.25) is 14.2 Å². The van der Waals surface area contributed by atoms with Crippen LogP contribution in [-0.2, 0) is 18.4 Å². The number of benzene rings is 1. The van der Waals surface area contributed by atoms with E-state index in [1.807, 2.05) is 37.3 Å². The smallest absolute Gasteiger partial charge is 0.278 e. The van der Waals surface area contributed by atoms with Crippen LogP contribution in [0.4, 0.5) is 0 Å². The van der Waals surface area contributed by atoms with Crippen molar-refractivity contribution in [3.63, 3.8) is 0 Å². The van der Waals surface area contributed by atoms with Crippen molar-refractivity contribution in [2.24, 2.45) is 7.05 Å². The number of thioether (sulfide) groups is 1. The minimum atomic E-state index is -0.149. The van der Waals surface area contributed by atoms with E-state index in [0.717, 1.165) is 17.0 Å². The molecular formula is C18H20N4O3S. The molecule has 0 spiro atoms. The highest BCUT2D eigenvalue weighted by molar-refractivity contribution is 7.99. The van der Waals surface area contributed by atoms with Crippen molar-refractivity contribution in [2.75, 3.05) is 12.9 Å². The molecule has 2 heterocycles. The van der Waals surface area contributed by atoms with Gasteiger partial charge in [-0.05, 0) is 30.7 Å². The second-order valence-corrected chi connectivity index (χ2v) is 6.83. The molecule has 0 aliphatic rings. The number of carbonyl (C=O) groups excluding carboxylic acids is 1. The number of aromatic nitrogens is 3. The Morgan fingerprint density at radius 1 is 1.35 bits per heavy atom. The molecule has 26 heavy (non-hydrogen) atoms. The summed E-state index contributed by atoms with van der Waals surface area (Å²) in [5.41, 5.74) is 2.82. The number of nitrogens with one attached hydrogen (secondary N) is 2. The average molecular weight is 372 g/mol. The van der Waals surface area contributed by atoms with Gasteiger partial charge in [0.2, 0.25) is 5.91 Å². The Morgan fingerprint density at radius 2 is 2.08 bits per heavy atom. The maximum atomic E-state index is 12.3. The largest absolute Gasteiger partial charge is 0.497 e. The van der Waals surface area contributed by atoms with Gasteiger partial charge in [0.25, 0.3) is 5.56 Å². The highest BCUT2D eigenvalue weighted by atomic mass is 32.2. The summed E-state index contributed by atoms with van der Waals surface area (Å²) in [4.78, 5) is 31.9. The molecule has 0 saturated heterocycles. The van der Waals surface area contributed by atoms with Gasteiger partial charge >= 0.3 is 0 Å². The molecule has 3 rings (SSSR count). The minimum Gasteiger partial charge on any atom is -0.497 e. The highest BCUT2D eigenvalue weighted by Gasteiger charge is 2.12. The molecule has 0 saturated carbocycles. The third kappa shape index (κ3) is 3.91. The molecule has 1 amide bonds. The number of methoxy groups -OCH3 is 1. The van der Waals surface area contributed by atoms with Crippen LogP contribution in [0.2, 0.25) is 0 Å². The number of fused-ring (bicyclic) bond motifs is 1. The number of hydrogen-bond donors (Lipinski definition) is 2. The molecule has 0 aliphatic carbocycles. The lowest BCUT2D eigenvalue weighted by molar-refractivity contribution is -0.118. The van der Waals surface area contributed by atoms with Gasteiger partial charge in [-0.25, -0.2) is 4.98 Å². The lowest BCUT2D eigenvalue weighted by Gasteiger charge is -2.08. The summed E-state index contributed by atoms with van der Waals surface area (Å²) in [6.45, 7) is 2.31. The third-order valence-corrected chi connectivity index (χ3v) is 4.96.